The molecule has 0 radical (unpaired) electrons. The van der Waals surface area contributed by atoms with Crippen molar-refractivity contribution in [3.05, 3.63) is 59.7 Å². The second-order valence-corrected chi connectivity index (χ2v) is 10.6. The van der Waals surface area contributed by atoms with E-state index in [1.165, 1.54) is 138 Å². The Hall–Kier alpha value is -1.64. The average molecular weight is 495 g/mol. The van der Waals surface area contributed by atoms with Gasteiger partial charge < -0.3 is 10.2 Å². The van der Waals surface area contributed by atoms with E-state index in [1.54, 1.807) is 0 Å². The Kier molecular flexibility index (Phi) is 18.2. The second kappa shape index (κ2) is 21.4. The number of unbranched alkanes of at least 4 members (excludes halogenated alkanes) is 16. The van der Waals surface area contributed by atoms with Gasteiger partial charge in [0.25, 0.3) is 0 Å². The fourth-order valence-electron chi connectivity index (χ4n) is 5.33. The maximum absolute atomic E-state index is 8.86. The van der Waals surface area contributed by atoms with Crippen molar-refractivity contribution in [3.8, 4) is 11.1 Å². The summed E-state index contributed by atoms with van der Waals surface area (Å²) in [4.78, 5) is 0. The van der Waals surface area contributed by atoms with E-state index in [0.29, 0.717) is 13.2 Å². The molecule has 0 saturated heterocycles. The van der Waals surface area contributed by atoms with Crippen LogP contribution in [0.2, 0.25) is 0 Å². The standard InChI is InChI=1S/C34H54O2/c35-29-21-13-9-5-1-3-7-11-15-23-31-25-17-19-27-33(31)34-28-20-18-26-32(34)24-16-12-8-4-2-6-10-14-22-30-36/h17-20,25-28,35-36H,1-16,21-24,29-30H2. The SMILES string of the molecule is OCCCCCCCCCCCc1ccccc1-c1ccccc1CCCCCCCCCCCO. The van der Waals surface area contributed by atoms with Crippen LogP contribution in [0.3, 0.4) is 0 Å². The predicted octanol–water partition coefficient (Wildman–Crippen LogP) is 9.44. The smallest absolute Gasteiger partial charge is 0.0431 e. The van der Waals surface area contributed by atoms with Crippen molar-refractivity contribution in [2.45, 2.75) is 128 Å². The van der Waals surface area contributed by atoms with E-state index in [-0.39, 0.29) is 0 Å². The Morgan fingerprint density at radius 3 is 0.944 bits per heavy atom. The Balaban J connectivity index is 1.71. The zero-order valence-corrected chi connectivity index (χ0v) is 23.1. The first-order valence-electron chi connectivity index (χ1n) is 15.2. The highest BCUT2D eigenvalue weighted by molar-refractivity contribution is 5.70. The molecular weight excluding hydrogens is 440 g/mol. The third-order valence-corrected chi connectivity index (χ3v) is 7.53. The highest BCUT2D eigenvalue weighted by Gasteiger charge is 2.09. The number of benzene rings is 2. The summed E-state index contributed by atoms with van der Waals surface area (Å²) in [5, 5.41) is 17.7. The van der Waals surface area contributed by atoms with E-state index in [0.717, 1.165) is 12.8 Å². The summed E-state index contributed by atoms with van der Waals surface area (Å²) in [6.45, 7) is 0.694. The van der Waals surface area contributed by atoms with Crippen molar-refractivity contribution in [1.29, 1.82) is 0 Å². The molecule has 0 amide bonds. The minimum absolute atomic E-state index is 0.347. The van der Waals surface area contributed by atoms with Crippen molar-refractivity contribution in [1.82, 2.24) is 0 Å². The van der Waals surface area contributed by atoms with Crippen LogP contribution in [0.4, 0.5) is 0 Å². The van der Waals surface area contributed by atoms with Gasteiger partial charge in [-0.25, -0.2) is 0 Å². The van der Waals surface area contributed by atoms with Gasteiger partial charge in [0, 0.05) is 13.2 Å². The molecule has 2 aromatic carbocycles. The molecular formula is C34H54O2. The fraction of sp³-hybridized carbons (Fsp3) is 0.647. The molecule has 2 N–H and O–H groups in total. The molecule has 0 fully saturated rings. The molecule has 0 bridgehead atoms. The highest BCUT2D eigenvalue weighted by Crippen LogP contribution is 2.29. The van der Waals surface area contributed by atoms with Gasteiger partial charge in [-0.05, 0) is 60.8 Å². The van der Waals surface area contributed by atoms with Crippen LogP contribution in [-0.4, -0.2) is 23.4 Å². The molecule has 0 unspecified atom stereocenters. The molecule has 2 heteroatoms. The van der Waals surface area contributed by atoms with Crippen LogP contribution < -0.4 is 0 Å². The number of aliphatic hydroxyl groups excluding tert-OH is 2. The summed E-state index contributed by atoms with van der Waals surface area (Å²) in [5.41, 5.74) is 5.91. The highest BCUT2D eigenvalue weighted by atomic mass is 16.3. The van der Waals surface area contributed by atoms with E-state index in [4.69, 9.17) is 10.2 Å². The zero-order valence-electron chi connectivity index (χ0n) is 23.1. The van der Waals surface area contributed by atoms with Gasteiger partial charge in [-0.3, -0.25) is 0 Å². The molecule has 2 aromatic rings. The number of rotatable bonds is 23. The van der Waals surface area contributed by atoms with E-state index in [9.17, 15) is 0 Å². The molecule has 36 heavy (non-hydrogen) atoms. The number of aryl methyl sites for hydroxylation is 2. The van der Waals surface area contributed by atoms with E-state index >= 15 is 0 Å². The molecule has 0 heterocycles. The Labute approximate surface area is 222 Å². The maximum Gasteiger partial charge on any atom is 0.0431 e. The lowest BCUT2D eigenvalue weighted by Crippen LogP contribution is -1.95. The lowest BCUT2D eigenvalue weighted by atomic mass is 9.90. The maximum atomic E-state index is 8.86. The number of aliphatic hydroxyl groups is 2. The summed E-state index contributed by atoms with van der Waals surface area (Å²) < 4.78 is 0. The van der Waals surface area contributed by atoms with Crippen molar-refractivity contribution in [3.63, 3.8) is 0 Å². The van der Waals surface area contributed by atoms with Crippen molar-refractivity contribution in [2.24, 2.45) is 0 Å². The number of hydrogen-bond donors (Lipinski definition) is 2. The topological polar surface area (TPSA) is 40.5 Å². The minimum atomic E-state index is 0.347. The average Bonchev–Trinajstić information content (AvgIpc) is 2.91. The van der Waals surface area contributed by atoms with Crippen LogP contribution in [0, 0.1) is 0 Å². The van der Waals surface area contributed by atoms with Crippen molar-refractivity contribution in [2.75, 3.05) is 13.2 Å². The first kappa shape index (κ1) is 30.6. The van der Waals surface area contributed by atoms with Crippen molar-refractivity contribution >= 4 is 0 Å². The number of hydrogen-bond acceptors (Lipinski definition) is 2. The first-order chi connectivity index (χ1) is 17.9. The zero-order chi connectivity index (χ0) is 25.5. The summed E-state index contributed by atoms with van der Waals surface area (Å²) in [6, 6.07) is 18.2. The van der Waals surface area contributed by atoms with Crippen LogP contribution in [0.15, 0.2) is 48.5 Å². The summed E-state index contributed by atoms with van der Waals surface area (Å²) in [7, 11) is 0. The quantitative estimate of drug-likeness (QED) is 0.151. The summed E-state index contributed by atoms with van der Waals surface area (Å²) in [5.74, 6) is 0. The molecule has 0 aliphatic heterocycles. The van der Waals surface area contributed by atoms with Crippen LogP contribution in [-0.2, 0) is 12.8 Å². The van der Waals surface area contributed by atoms with Gasteiger partial charge in [0.2, 0.25) is 0 Å². The molecule has 0 aromatic heterocycles. The van der Waals surface area contributed by atoms with E-state index < -0.39 is 0 Å². The van der Waals surface area contributed by atoms with E-state index in [2.05, 4.69) is 48.5 Å². The van der Waals surface area contributed by atoms with Gasteiger partial charge >= 0.3 is 0 Å². The summed E-state index contributed by atoms with van der Waals surface area (Å²) >= 11 is 0. The molecule has 0 aliphatic rings. The predicted molar refractivity (Wildman–Crippen MR) is 157 cm³/mol. The van der Waals surface area contributed by atoms with Crippen LogP contribution >= 0.6 is 0 Å². The van der Waals surface area contributed by atoms with Gasteiger partial charge in [-0.1, -0.05) is 138 Å². The second-order valence-electron chi connectivity index (χ2n) is 10.6. The van der Waals surface area contributed by atoms with Gasteiger partial charge in [-0.15, -0.1) is 0 Å². The largest absolute Gasteiger partial charge is 0.396 e. The molecule has 0 saturated carbocycles. The molecule has 202 valence electrons. The lowest BCUT2D eigenvalue weighted by Gasteiger charge is -2.14. The third kappa shape index (κ3) is 13.6. The van der Waals surface area contributed by atoms with Gasteiger partial charge in [0.1, 0.15) is 0 Å². The lowest BCUT2D eigenvalue weighted by molar-refractivity contribution is 0.282. The van der Waals surface area contributed by atoms with Crippen LogP contribution in [0.25, 0.3) is 11.1 Å². The van der Waals surface area contributed by atoms with Gasteiger partial charge in [-0.2, -0.15) is 0 Å². The third-order valence-electron chi connectivity index (χ3n) is 7.53. The monoisotopic (exact) mass is 494 g/mol. The Morgan fingerprint density at radius 2 is 0.611 bits per heavy atom. The minimum Gasteiger partial charge on any atom is -0.396 e. The van der Waals surface area contributed by atoms with E-state index in [1.807, 2.05) is 0 Å². The molecule has 2 rings (SSSR count). The molecule has 0 atom stereocenters. The fourth-order valence-corrected chi connectivity index (χ4v) is 5.33. The molecule has 0 spiro atoms. The summed E-state index contributed by atoms with van der Waals surface area (Å²) in [6.07, 6.45) is 25.2. The molecule has 0 aliphatic carbocycles. The first-order valence-corrected chi connectivity index (χ1v) is 15.2. The van der Waals surface area contributed by atoms with Crippen LogP contribution in [0.1, 0.15) is 127 Å². The normalized spacial score (nSPS) is 11.3. The van der Waals surface area contributed by atoms with Crippen LogP contribution in [0.5, 0.6) is 0 Å². The van der Waals surface area contributed by atoms with Gasteiger partial charge in [0.05, 0.1) is 0 Å². The molecule has 2 nitrogen and oxygen atoms in total. The Bertz CT molecular complexity index is 704. The van der Waals surface area contributed by atoms with Gasteiger partial charge in [0.15, 0.2) is 0 Å². The Morgan fingerprint density at radius 1 is 0.333 bits per heavy atom. The van der Waals surface area contributed by atoms with Crippen molar-refractivity contribution < 1.29 is 10.2 Å².